The fourth-order valence-electron chi connectivity index (χ4n) is 5.11. The van der Waals surface area contributed by atoms with E-state index < -0.39 is 10.4 Å². The minimum absolute atomic E-state index is 0. The minimum atomic E-state index is -3.22. The number of carbonyl (C=O) groups is 5. The van der Waals surface area contributed by atoms with E-state index in [1.807, 2.05) is 84.3 Å². The summed E-state index contributed by atoms with van der Waals surface area (Å²) in [7, 11) is 4.47. The zero-order chi connectivity index (χ0) is 69.5. The van der Waals surface area contributed by atoms with Gasteiger partial charge in [-0.3, -0.25) is 61.2 Å². The van der Waals surface area contributed by atoms with Crippen LogP contribution in [0.2, 0.25) is 0 Å². The summed E-state index contributed by atoms with van der Waals surface area (Å²) in [6, 6.07) is 56.0. The van der Waals surface area contributed by atoms with Crippen molar-refractivity contribution in [1.29, 1.82) is 0 Å². The lowest BCUT2D eigenvalue weighted by molar-refractivity contribution is -0.851. The predicted molar refractivity (Wildman–Crippen MR) is 364 cm³/mol. The Hall–Kier alpha value is -5.32. The Balaban J connectivity index is -0.00000102. The first-order valence-corrected chi connectivity index (χ1v) is 33.2. The lowest BCUT2D eigenvalue weighted by atomic mass is 10.2. The summed E-state index contributed by atoms with van der Waals surface area (Å²) in [5, 5.41) is 49.8. The second-order valence-corrected chi connectivity index (χ2v) is 26.2. The molecular formula is C53H56Br5Cl4N9O20P2. The van der Waals surface area contributed by atoms with E-state index >= 15 is 0 Å². The molecule has 13 N–H and O–H groups in total. The van der Waals surface area contributed by atoms with E-state index in [9.17, 15) is 28.5 Å². The minimum Gasteiger partial charge on any atom is -0.416 e. The number of nitrogens with one attached hydrogen (secondary N) is 3. The molecule has 8 aromatic rings. The highest BCUT2D eigenvalue weighted by molar-refractivity contribution is 9.11. The van der Waals surface area contributed by atoms with Crippen molar-refractivity contribution >= 4 is 168 Å². The maximum absolute atomic E-state index is 11.8. The quantitative estimate of drug-likeness (QED) is 0.00651. The molecule has 29 nitrogen and oxygen atoms in total. The van der Waals surface area contributed by atoms with Crippen molar-refractivity contribution in [2.75, 3.05) is 13.7 Å². The van der Waals surface area contributed by atoms with Crippen LogP contribution in [0.3, 0.4) is 0 Å². The number of rotatable bonds is 16. The van der Waals surface area contributed by atoms with E-state index in [0.29, 0.717) is 34.0 Å². The van der Waals surface area contributed by atoms with Crippen LogP contribution in [0.25, 0.3) is 22.9 Å². The fourth-order valence-corrected chi connectivity index (χ4v) is 6.34. The molecule has 0 spiro atoms. The van der Waals surface area contributed by atoms with Gasteiger partial charge in [0.1, 0.15) is 16.3 Å². The monoisotopic (exact) mass is 1730 g/mol. The molecule has 0 bridgehead atoms. The molecule has 1 heterocycles. The zero-order valence-electron chi connectivity index (χ0n) is 47.9. The number of nitrogens with two attached hydrogens (primary N) is 3. The van der Waals surface area contributed by atoms with Gasteiger partial charge in [-0.05, 0) is 223 Å². The van der Waals surface area contributed by atoms with Gasteiger partial charge in [0.2, 0.25) is 11.8 Å². The maximum Gasteiger partial charge on any atom is 0.339 e. The topological polar surface area (TPSA) is 432 Å². The Morgan fingerprint density at radius 3 is 1.14 bits per heavy atom. The second kappa shape index (κ2) is 59.2. The predicted octanol–water partition coefficient (Wildman–Crippen LogP) is 14.4. The summed E-state index contributed by atoms with van der Waals surface area (Å²) < 4.78 is 26.0. The van der Waals surface area contributed by atoms with Gasteiger partial charge in [-0.25, -0.2) is 11.1 Å². The summed E-state index contributed by atoms with van der Waals surface area (Å²) in [5.41, 5.74) is 11.4. The number of hydrazine groups is 3. The number of hydrogen-bond acceptors (Lipinski definition) is 25. The summed E-state index contributed by atoms with van der Waals surface area (Å²) in [6.07, 6.45) is 0. The first-order chi connectivity index (χ1) is 44.0. The number of aliphatic hydroxyl groups excluding tert-OH is 1. The number of aromatic nitrogens is 2. The number of nitrogens with zero attached hydrogens (tertiary/aromatic N) is 3. The van der Waals surface area contributed by atoms with Gasteiger partial charge in [0.05, 0.1) is 0 Å². The van der Waals surface area contributed by atoms with E-state index in [2.05, 4.69) is 210 Å². The van der Waals surface area contributed by atoms with Crippen LogP contribution < -0.4 is 33.8 Å². The van der Waals surface area contributed by atoms with Crippen LogP contribution in [-0.4, -0.2) is 68.4 Å². The molecule has 0 radical (unpaired) electrons. The molecule has 0 aliphatic carbocycles. The van der Waals surface area contributed by atoms with Crippen LogP contribution >= 0.6 is 140 Å². The molecule has 0 aliphatic heterocycles. The molecule has 0 saturated heterocycles. The molecule has 506 valence electrons. The highest BCUT2D eigenvalue weighted by Crippen LogP contribution is 2.61. The molecule has 0 fully saturated rings. The van der Waals surface area contributed by atoms with Gasteiger partial charge >= 0.3 is 5.20 Å². The second-order valence-electron chi connectivity index (χ2n) is 14.9. The van der Waals surface area contributed by atoms with Crippen molar-refractivity contribution in [2.45, 2.75) is 13.8 Å². The van der Waals surface area contributed by atoms with Crippen LogP contribution in [-0.2, 0) is 53.9 Å². The molecule has 0 atom stereocenters. The van der Waals surface area contributed by atoms with Crippen molar-refractivity contribution in [3.63, 3.8) is 0 Å². The molecule has 1 aromatic heterocycles. The molecule has 93 heavy (non-hydrogen) atoms. The van der Waals surface area contributed by atoms with Crippen molar-refractivity contribution < 1.29 is 98.1 Å². The first-order valence-electron chi connectivity index (χ1n) is 24.1. The third-order valence-electron chi connectivity index (χ3n) is 8.71. The van der Waals surface area contributed by atoms with Crippen molar-refractivity contribution in [3.8, 4) is 22.9 Å². The third kappa shape index (κ3) is 49.8. The van der Waals surface area contributed by atoms with Gasteiger partial charge in [-0.2, -0.15) is 0 Å². The Morgan fingerprint density at radius 2 is 0.828 bits per heavy atom. The van der Waals surface area contributed by atoms with E-state index in [0.717, 1.165) is 34.6 Å². The molecule has 0 unspecified atom stereocenters. The highest BCUT2D eigenvalue weighted by Gasteiger charge is 2.11. The Bertz CT molecular complexity index is 3290. The fraction of sp³-hybridized carbons (Fsp3) is 0.0755. The van der Waals surface area contributed by atoms with Gasteiger partial charge in [0, 0.05) is 70.5 Å². The number of hydrogen-bond donors (Lipinski definition) is 8. The third-order valence-corrected chi connectivity index (χ3v) is 11.1. The Labute approximate surface area is 594 Å². The van der Waals surface area contributed by atoms with Crippen LogP contribution in [0.5, 0.6) is 0 Å². The summed E-state index contributed by atoms with van der Waals surface area (Å²) in [6.45, 7) is 3.49. The molecule has 40 heteroatoms. The molecule has 0 aliphatic rings. The number of halogens is 9. The molecule has 3 amide bonds. The Kier molecular flexibility index (Phi) is 58.5. The molecule has 0 saturated carbocycles. The maximum atomic E-state index is 11.8. The van der Waals surface area contributed by atoms with E-state index in [1.54, 1.807) is 130 Å². The number of Topliss-reactive ketones (excluding diaryl/α,β-unsaturated/α-hetero) is 1. The normalized spacial score (nSPS) is 9.39. The van der Waals surface area contributed by atoms with Gasteiger partial charge in [0.15, 0.2) is 5.78 Å². The summed E-state index contributed by atoms with van der Waals surface area (Å²) in [4.78, 5) is 55.5. The summed E-state index contributed by atoms with van der Waals surface area (Å²) >= 11 is 34.5. The standard InChI is InChI=1S/C14H11BrN2O2.C14H9BrN2O.C8H7BrO.C7H7BrN2O.C7H5ClO.C2H6O.CH4NP.BrHO11.Cl3OP.H4N2.H2O/c15-12-8-6-11(7-9-12)14(19)17-16-13(18)10-4-2-1-3-5-10;15-12-8-6-11(7-9-12)14-17-16-13(18-14)10-4-2-1-3-5-10;1-6(10)7-2-4-8(9)5-3-7;8-6-3-1-5(2-4-6)7(11)10-9;8-7(9)6-4-2-1-3-5-6;2*1-2-3;1-3-5-7-9-11-12-10-8-6-4-2;1-5(2,3)4;1-2;/h1-9H,(H,16,18)(H,17,19);1-9H;2-5H,1H3;1-4H,9H2,(H,10,11);1-5H;3H,2H2,1H3;3H,1H3;2H;;1-2H2;1H2. The first kappa shape index (κ1) is 91.9. The van der Waals surface area contributed by atoms with Crippen LogP contribution in [0, 0.1) is 0 Å². The number of carbonyl (C=O) groups excluding carboxylic acids is 5. The van der Waals surface area contributed by atoms with Crippen LogP contribution in [0.1, 0.15) is 65.6 Å². The number of benzene rings is 7. The zero-order valence-corrected chi connectivity index (χ0v) is 60.7. The smallest absolute Gasteiger partial charge is 0.339 e. The van der Waals surface area contributed by atoms with Gasteiger partial charge in [-0.1, -0.05) is 143 Å². The van der Waals surface area contributed by atoms with Crippen LogP contribution in [0.15, 0.2) is 215 Å². The SMILES string of the molecule is Brc1ccc(-c2nnc(-c3ccccc3)o2)cc1.CC(=O)c1ccc(Br)cc1.CCO.CN=P.NN.NNC(=O)c1ccc(Br)cc1.O.O=C(Cl)c1ccccc1.O=C(NNC(=O)c1ccc(Br)cc1)c1ccccc1.O=P(Cl)(Cl)Cl.OOOOOOOOOOOBr. The average Bonchev–Trinajstić information content (AvgIpc) is 1.83. The van der Waals surface area contributed by atoms with Gasteiger partial charge in [-0.15, -0.1) is 14.2 Å². The van der Waals surface area contributed by atoms with Crippen molar-refractivity contribution in [1.82, 2.24) is 26.5 Å². The summed E-state index contributed by atoms with van der Waals surface area (Å²) in [5.74, 6) is 13.1. The molecule has 8 rings (SSSR count). The average molecular weight is 1740 g/mol. The van der Waals surface area contributed by atoms with Crippen molar-refractivity contribution in [2.24, 2.45) is 22.3 Å². The lowest BCUT2D eigenvalue weighted by Gasteiger charge is -2.07. The molecular weight excluding hydrogens is 1690 g/mol. The lowest BCUT2D eigenvalue weighted by Crippen LogP contribution is -2.41. The van der Waals surface area contributed by atoms with Crippen LogP contribution in [0.4, 0.5) is 0 Å². The number of amides is 3. The van der Waals surface area contributed by atoms with Crippen molar-refractivity contribution in [3.05, 3.63) is 234 Å². The number of ketones is 1. The highest BCUT2D eigenvalue weighted by atomic mass is 79.9. The Morgan fingerprint density at radius 1 is 0.548 bits per heavy atom. The van der Waals surface area contributed by atoms with Gasteiger partial charge < -0.3 is 15.0 Å². The van der Waals surface area contributed by atoms with E-state index in [4.69, 9.17) is 32.2 Å². The van der Waals surface area contributed by atoms with E-state index in [1.165, 1.54) is 0 Å². The number of nitrogen functional groups attached to an aromatic ring is 1. The largest absolute Gasteiger partial charge is 0.416 e. The van der Waals surface area contributed by atoms with Gasteiger partial charge in [0.25, 0.3) is 23.0 Å². The molecule has 7 aromatic carbocycles. The van der Waals surface area contributed by atoms with E-state index in [-0.39, 0.29) is 35.6 Å². The number of aliphatic hydroxyl groups is 1.